The predicted octanol–water partition coefficient (Wildman–Crippen LogP) is 4.17. The van der Waals surface area contributed by atoms with Crippen molar-refractivity contribution in [1.29, 1.82) is 0 Å². The number of hydrogen-bond acceptors (Lipinski definition) is 11. The van der Waals surface area contributed by atoms with E-state index in [4.69, 9.17) is 33.9 Å². The van der Waals surface area contributed by atoms with Crippen molar-refractivity contribution in [3.8, 4) is 11.5 Å². The van der Waals surface area contributed by atoms with Gasteiger partial charge in [0, 0.05) is 29.5 Å². The van der Waals surface area contributed by atoms with E-state index in [0.717, 1.165) is 11.1 Å². The molecule has 0 saturated heterocycles. The van der Waals surface area contributed by atoms with Gasteiger partial charge in [0.05, 0.1) is 19.7 Å². The number of carbonyl (C=O) groups is 5. The average Bonchev–Trinajstić information content (AvgIpc) is 3.05. The number of rotatable bonds is 23. The zero-order valence-corrected chi connectivity index (χ0v) is 28.2. The number of carboxylic acids is 2. The molecule has 0 atom stereocenters. The van der Waals surface area contributed by atoms with E-state index in [1.807, 2.05) is 31.2 Å². The van der Waals surface area contributed by atoms with E-state index in [1.54, 1.807) is 38.1 Å². The summed E-state index contributed by atoms with van der Waals surface area (Å²) in [5.74, 6) is -2.61. The molecule has 49 heavy (non-hydrogen) atoms. The third-order valence-corrected chi connectivity index (χ3v) is 7.28. The minimum Gasteiger partial charge on any atom is -0.490 e. The van der Waals surface area contributed by atoms with E-state index < -0.39 is 48.4 Å². The average molecular weight is 684 g/mol. The molecule has 0 heterocycles. The van der Waals surface area contributed by atoms with Crippen molar-refractivity contribution >= 4 is 29.8 Å². The molecule has 0 aliphatic carbocycles. The Morgan fingerprint density at radius 2 is 1.10 bits per heavy atom. The molecule has 13 heteroatoms. The molecule has 0 aliphatic heterocycles. The summed E-state index contributed by atoms with van der Waals surface area (Å²) in [6.45, 7) is 11.9. The van der Waals surface area contributed by atoms with E-state index in [1.165, 1.54) is 4.90 Å². The van der Waals surface area contributed by atoms with E-state index in [9.17, 15) is 24.0 Å². The van der Waals surface area contributed by atoms with Crippen LogP contribution in [-0.2, 0) is 43.6 Å². The third-order valence-electron chi connectivity index (χ3n) is 7.28. The Labute approximate surface area is 286 Å². The Morgan fingerprint density at radius 3 is 1.49 bits per heavy atom. The van der Waals surface area contributed by atoms with Crippen molar-refractivity contribution in [2.75, 3.05) is 52.7 Å². The summed E-state index contributed by atoms with van der Waals surface area (Å²) in [5.41, 5.74) is 1.72. The van der Waals surface area contributed by atoms with Gasteiger partial charge < -0.3 is 33.9 Å². The van der Waals surface area contributed by atoms with Crippen molar-refractivity contribution in [3.63, 3.8) is 0 Å². The minimum atomic E-state index is -1.15. The van der Waals surface area contributed by atoms with Crippen LogP contribution in [0.15, 0.2) is 72.8 Å². The molecular weight excluding hydrogens is 638 g/mol. The molecule has 0 radical (unpaired) electrons. The summed E-state index contributed by atoms with van der Waals surface area (Å²) in [4.78, 5) is 59.2. The second-order valence-electron chi connectivity index (χ2n) is 11.5. The Bertz CT molecular complexity index is 1360. The molecule has 0 aliphatic rings. The van der Waals surface area contributed by atoms with Gasteiger partial charge >= 0.3 is 29.8 Å². The number of benzene rings is 2. The monoisotopic (exact) mass is 683 g/mol. The second-order valence-corrected chi connectivity index (χ2v) is 11.5. The van der Waals surface area contributed by atoms with Gasteiger partial charge in [0.25, 0.3) is 0 Å². The number of esters is 3. The summed E-state index contributed by atoms with van der Waals surface area (Å²) < 4.78 is 26.9. The molecule has 13 nitrogen and oxygen atoms in total. The van der Waals surface area contributed by atoms with Crippen LogP contribution in [0.2, 0.25) is 0 Å². The standard InChI is InChI=1S/C36H45NO12/c1-25(2)34(43)48-21-19-45-29-11-7-27(8-12-29)36(5,28-9-13-30(14-10-28)46-20-22-49-35(44)26(3)4)16-15-33(42)47-18-6-17-37(23-31(38)39)24-32(40)41/h7-14H,1,3,6,15-24H2,2,4-5H3,(H,38,39)(H,40,41). The highest BCUT2D eigenvalue weighted by atomic mass is 16.6. The van der Waals surface area contributed by atoms with Gasteiger partial charge in [-0.3, -0.25) is 19.3 Å². The maximum absolute atomic E-state index is 12.8. The first kappa shape index (κ1) is 40.0. The Balaban J connectivity index is 2.10. The van der Waals surface area contributed by atoms with Gasteiger partial charge in [-0.1, -0.05) is 44.3 Å². The molecule has 2 N–H and O–H groups in total. The van der Waals surface area contributed by atoms with Gasteiger partial charge in [-0.15, -0.1) is 0 Å². The van der Waals surface area contributed by atoms with E-state index >= 15 is 0 Å². The largest absolute Gasteiger partial charge is 0.490 e. The lowest BCUT2D eigenvalue weighted by molar-refractivity contribution is -0.146. The highest BCUT2D eigenvalue weighted by molar-refractivity contribution is 5.87. The number of aliphatic carboxylic acids is 2. The molecule has 2 rings (SSSR count). The molecule has 0 unspecified atom stereocenters. The quantitative estimate of drug-likeness (QED) is 0.0740. The van der Waals surface area contributed by atoms with E-state index in [-0.39, 0.29) is 52.4 Å². The lowest BCUT2D eigenvalue weighted by Crippen LogP contribution is -2.35. The molecule has 0 spiro atoms. The highest BCUT2D eigenvalue weighted by Crippen LogP contribution is 2.38. The van der Waals surface area contributed by atoms with Gasteiger partial charge in [-0.2, -0.15) is 0 Å². The highest BCUT2D eigenvalue weighted by Gasteiger charge is 2.30. The fraction of sp³-hybridized carbons (Fsp3) is 0.417. The zero-order chi connectivity index (χ0) is 36.4. The molecule has 0 bridgehead atoms. The first-order valence-electron chi connectivity index (χ1n) is 15.6. The number of nitrogens with zero attached hydrogens (tertiary/aromatic N) is 1. The summed E-state index contributed by atoms with van der Waals surface area (Å²) in [7, 11) is 0. The second kappa shape index (κ2) is 20.3. The first-order chi connectivity index (χ1) is 23.2. The molecule has 2 aromatic rings. The zero-order valence-electron chi connectivity index (χ0n) is 28.2. The first-order valence-corrected chi connectivity index (χ1v) is 15.6. The van der Waals surface area contributed by atoms with Crippen LogP contribution in [-0.4, -0.2) is 97.6 Å². The van der Waals surface area contributed by atoms with Gasteiger partial charge in [0.15, 0.2) is 0 Å². The summed E-state index contributed by atoms with van der Waals surface area (Å²) in [6, 6.07) is 14.7. The van der Waals surface area contributed by atoms with E-state index in [0.29, 0.717) is 29.1 Å². The molecule has 266 valence electrons. The lowest BCUT2D eigenvalue weighted by Gasteiger charge is -2.31. The maximum atomic E-state index is 12.8. The maximum Gasteiger partial charge on any atom is 0.333 e. The molecule has 0 amide bonds. The Morgan fingerprint density at radius 1 is 0.673 bits per heavy atom. The topological polar surface area (TPSA) is 175 Å². The molecular formula is C36H45NO12. The normalized spacial score (nSPS) is 10.9. The van der Waals surface area contributed by atoms with Crippen LogP contribution >= 0.6 is 0 Å². The Kier molecular flexibility index (Phi) is 16.5. The van der Waals surface area contributed by atoms with Crippen molar-refractivity contribution in [2.45, 2.75) is 45.4 Å². The smallest absolute Gasteiger partial charge is 0.333 e. The van der Waals surface area contributed by atoms with Gasteiger partial charge in [0.1, 0.15) is 37.9 Å². The molecule has 0 aromatic heterocycles. The van der Waals surface area contributed by atoms with Crippen LogP contribution in [0, 0.1) is 0 Å². The number of ether oxygens (including phenoxy) is 5. The Hall–Kier alpha value is -5.17. The van der Waals surface area contributed by atoms with Gasteiger partial charge in [-0.25, -0.2) is 9.59 Å². The van der Waals surface area contributed by atoms with Crippen molar-refractivity contribution in [1.82, 2.24) is 4.90 Å². The van der Waals surface area contributed by atoms with Crippen LogP contribution in [0.5, 0.6) is 11.5 Å². The van der Waals surface area contributed by atoms with Crippen LogP contribution in [0.1, 0.15) is 51.2 Å². The van der Waals surface area contributed by atoms with Crippen molar-refractivity contribution < 1.29 is 57.9 Å². The van der Waals surface area contributed by atoms with Crippen LogP contribution < -0.4 is 9.47 Å². The predicted molar refractivity (Wildman–Crippen MR) is 178 cm³/mol. The summed E-state index contributed by atoms with van der Waals surface area (Å²) in [5, 5.41) is 18.0. The van der Waals surface area contributed by atoms with Crippen LogP contribution in [0.4, 0.5) is 0 Å². The summed E-state index contributed by atoms with van der Waals surface area (Å²) in [6.07, 6.45) is 0.693. The van der Waals surface area contributed by atoms with Crippen molar-refractivity contribution in [2.24, 2.45) is 0 Å². The minimum absolute atomic E-state index is 0.00666. The fourth-order valence-corrected chi connectivity index (χ4v) is 4.62. The molecule has 0 saturated carbocycles. The van der Waals surface area contributed by atoms with Gasteiger partial charge in [-0.05, 0) is 62.1 Å². The number of carbonyl (C=O) groups excluding carboxylic acids is 3. The lowest BCUT2D eigenvalue weighted by atomic mass is 9.73. The van der Waals surface area contributed by atoms with Crippen LogP contribution in [0.25, 0.3) is 0 Å². The third kappa shape index (κ3) is 14.6. The fourth-order valence-electron chi connectivity index (χ4n) is 4.62. The SMILES string of the molecule is C=C(C)C(=O)OCCOc1ccc(C(C)(CCC(=O)OCCCN(CC(=O)O)CC(=O)O)c2ccc(OCCOC(=O)C(=C)C)cc2)cc1. The molecule has 2 aromatic carbocycles. The number of hydrogen-bond donors (Lipinski definition) is 2. The van der Waals surface area contributed by atoms with Crippen LogP contribution in [0.3, 0.4) is 0 Å². The van der Waals surface area contributed by atoms with Gasteiger partial charge in [0.2, 0.25) is 0 Å². The van der Waals surface area contributed by atoms with E-state index in [2.05, 4.69) is 13.2 Å². The van der Waals surface area contributed by atoms with Crippen molar-refractivity contribution in [3.05, 3.63) is 84.0 Å². The molecule has 0 fully saturated rings. The number of carboxylic acid groups (broad SMARTS) is 2. The summed E-state index contributed by atoms with van der Waals surface area (Å²) >= 11 is 0.